The molecule has 0 saturated carbocycles. The Balaban J connectivity index is 1.38. The van der Waals surface area contributed by atoms with Crippen molar-refractivity contribution >= 4 is 45.1 Å². The monoisotopic (exact) mass is 373 g/mol. The molecule has 1 fully saturated rings. The highest BCUT2D eigenvalue weighted by Crippen LogP contribution is 2.31. The second kappa shape index (κ2) is 6.89. The molecule has 8 heteroatoms. The number of para-hydroxylation sites is 1. The van der Waals surface area contributed by atoms with Gasteiger partial charge in [0.2, 0.25) is 11.8 Å². The smallest absolute Gasteiger partial charge is 0.240 e. The maximum atomic E-state index is 11.9. The van der Waals surface area contributed by atoms with Gasteiger partial charge in [0.25, 0.3) is 0 Å². The molecule has 2 amide bonds. The molecular formula is C17H15N3O3S2. The Bertz CT molecular complexity index is 901. The number of nitrogens with one attached hydrogen (secondary N) is 1. The van der Waals surface area contributed by atoms with E-state index >= 15 is 0 Å². The van der Waals surface area contributed by atoms with E-state index < -0.39 is 0 Å². The van der Waals surface area contributed by atoms with Gasteiger partial charge in [0.15, 0.2) is 10.8 Å². The summed E-state index contributed by atoms with van der Waals surface area (Å²) in [7, 11) is 0. The van der Waals surface area contributed by atoms with Crippen LogP contribution in [0.15, 0.2) is 40.8 Å². The van der Waals surface area contributed by atoms with Crippen LogP contribution in [0.4, 0.5) is 0 Å². The van der Waals surface area contributed by atoms with E-state index in [-0.39, 0.29) is 18.4 Å². The summed E-state index contributed by atoms with van der Waals surface area (Å²) in [6.45, 7) is 0.385. The molecule has 1 aliphatic heterocycles. The number of rotatable bonds is 5. The first-order valence-corrected chi connectivity index (χ1v) is 9.73. The molecule has 3 heterocycles. The first kappa shape index (κ1) is 16.2. The van der Waals surface area contributed by atoms with Crippen LogP contribution in [0.2, 0.25) is 0 Å². The van der Waals surface area contributed by atoms with Crippen molar-refractivity contribution in [2.75, 3.05) is 18.2 Å². The fraction of sp³-hybridized carbons (Fsp3) is 0.235. The van der Waals surface area contributed by atoms with E-state index in [0.29, 0.717) is 29.7 Å². The lowest BCUT2D eigenvalue weighted by Crippen LogP contribution is -2.37. The quantitative estimate of drug-likeness (QED) is 0.744. The van der Waals surface area contributed by atoms with Gasteiger partial charge in [0.05, 0.1) is 28.4 Å². The zero-order chi connectivity index (χ0) is 17.2. The Morgan fingerprint density at radius 1 is 1.28 bits per heavy atom. The van der Waals surface area contributed by atoms with Gasteiger partial charge in [-0.3, -0.25) is 9.59 Å². The summed E-state index contributed by atoms with van der Waals surface area (Å²) in [4.78, 5) is 29.6. The molecule has 25 heavy (non-hydrogen) atoms. The number of hydrogen-bond acceptors (Lipinski definition) is 6. The summed E-state index contributed by atoms with van der Waals surface area (Å²) in [5.41, 5.74) is 0.946. The largest absolute Gasteiger partial charge is 0.457 e. The van der Waals surface area contributed by atoms with E-state index in [4.69, 9.17) is 4.42 Å². The van der Waals surface area contributed by atoms with Crippen LogP contribution in [0.5, 0.6) is 0 Å². The lowest BCUT2D eigenvalue weighted by molar-refractivity contribution is -0.132. The fourth-order valence-corrected chi connectivity index (χ4v) is 4.35. The first-order chi connectivity index (χ1) is 12.2. The molecule has 1 aromatic carbocycles. The van der Waals surface area contributed by atoms with E-state index in [0.717, 1.165) is 15.2 Å². The zero-order valence-electron chi connectivity index (χ0n) is 13.2. The highest BCUT2D eigenvalue weighted by molar-refractivity contribution is 8.00. The van der Waals surface area contributed by atoms with E-state index in [9.17, 15) is 9.59 Å². The normalized spacial score (nSPS) is 14.4. The summed E-state index contributed by atoms with van der Waals surface area (Å²) in [5, 5.41) is 3.60. The molecule has 4 rings (SSSR count). The van der Waals surface area contributed by atoms with Crippen molar-refractivity contribution in [3.63, 3.8) is 0 Å². The molecule has 0 spiro atoms. The molecule has 1 saturated heterocycles. The van der Waals surface area contributed by atoms with Crippen molar-refractivity contribution in [2.24, 2.45) is 0 Å². The number of amides is 2. The molecule has 0 atom stereocenters. The van der Waals surface area contributed by atoms with Crippen LogP contribution in [0.25, 0.3) is 21.0 Å². The van der Waals surface area contributed by atoms with Crippen molar-refractivity contribution in [1.29, 1.82) is 0 Å². The van der Waals surface area contributed by atoms with Crippen LogP contribution in [-0.4, -0.2) is 39.9 Å². The average Bonchev–Trinajstić information content (AvgIpc) is 3.32. The number of fused-ring (bicyclic) bond motifs is 1. The summed E-state index contributed by atoms with van der Waals surface area (Å²) < 4.78 is 6.90. The van der Waals surface area contributed by atoms with Gasteiger partial charge in [-0.05, 0) is 24.3 Å². The van der Waals surface area contributed by atoms with Gasteiger partial charge in [-0.1, -0.05) is 12.1 Å². The van der Waals surface area contributed by atoms with Gasteiger partial charge in [-0.25, -0.2) is 4.98 Å². The molecule has 2 aromatic heterocycles. The standard InChI is InChI=1S/C17H15N3O3S2/c21-15(8-20-10-24-9-16(20)22)18-7-11-5-6-13(23-11)17-19-12-3-1-2-4-14(12)25-17/h1-6H,7-10H2,(H,18,21). The van der Waals surface area contributed by atoms with Gasteiger partial charge < -0.3 is 14.6 Å². The zero-order valence-corrected chi connectivity index (χ0v) is 14.9. The fourth-order valence-electron chi connectivity index (χ4n) is 2.52. The van der Waals surface area contributed by atoms with Gasteiger partial charge in [0, 0.05) is 0 Å². The molecule has 128 valence electrons. The van der Waals surface area contributed by atoms with E-state index in [1.807, 2.05) is 36.4 Å². The Hall–Kier alpha value is -2.32. The SMILES string of the molecule is O=C(CN1CSCC1=O)NCc1ccc(-c2nc3ccccc3s2)o1. The van der Waals surface area contributed by atoms with Crippen molar-refractivity contribution in [3.8, 4) is 10.8 Å². The number of thiazole rings is 1. The topological polar surface area (TPSA) is 75.4 Å². The molecule has 0 aliphatic carbocycles. The van der Waals surface area contributed by atoms with Crippen LogP contribution in [0, 0.1) is 0 Å². The van der Waals surface area contributed by atoms with Crippen LogP contribution < -0.4 is 5.32 Å². The Morgan fingerprint density at radius 2 is 2.16 bits per heavy atom. The van der Waals surface area contributed by atoms with Crippen LogP contribution >= 0.6 is 23.1 Å². The number of carbonyl (C=O) groups excluding carboxylic acids is 2. The van der Waals surface area contributed by atoms with Crippen molar-refractivity contribution in [3.05, 3.63) is 42.2 Å². The number of furan rings is 1. The number of carbonyl (C=O) groups is 2. The third-order valence-corrected chi connectivity index (χ3v) is 5.78. The molecule has 6 nitrogen and oxygen atoms in total. The third-order valence-electron chi connectivity index (χ3n) is 3.79. The van der Waals surface area contributed by atoms with Gasteiger partial charge >= 0.3 is 0 Å². The lowest BCUT2D eigenvalue weighted by atomic mass is 10.3. The van der Waals surface area contributed by atoms with Crippen molar-refractivity contribution in [2.45, 2.75) is 6.54 Å². The number of hydrogen-bond donors (Lipinski definition) is 1. The number of thioether (sulfide) groups is 1. The molecule has 0 bridgehead atoms. The second-order valence-electron chi connectivity index (χ2n) is 5.60. The van der Waals surface area contributed by atoms with E-state index in [1.54, 1.807) is 16.2 Å². The number of benzene rings is 1. The Morgan fingerprint density at radius 3 is 2.96 bits per heavy atom. The summed E-state index contributed by atoms with van der Waals surface area (Å²) in [6, 6.07) is 11.6. The molecule has 1 N–H and O–H groups in total. The summed E-state index contributed by atoms with van der Waals surface area (Å²) in [6.07, 6.45) is 0. The maximum absolute atomic E-state index is 11.9. The molecule has 0 radical (unpaired) electrons. The average molecular weight is 373 g/mol. The van der Waals surface area contributed by atoms with Gasteiger partial charge in [-0.15, -0.1) is 23.1 Å². The lowest BCUT2D eigenvalue weighted by Gasteiger charge is -2.13. The van der Waals surface area contributed by atoms with Crippen LogP contribution in [-0.2, 0) is 16.1 Å². The molecule has 3 aromatic rings. The molecule has 0 unspecified atom stereocenters. The first-order valence-electron chi connectivity index (χ1n) is 7.76. The minimum absolute atomic E-state index is 0.0104. The van der Waals surface area contributed by atoms with Crippen LogP contribution in [0.1, 0.15) is 5.76 Å². The number of aromatic nitrogens is 1. The molecule has 1 aliphatic rings. The third kappa shape index (κ3) is 3.54. The second-order valence-corrected chi connectivity index (χ2v) is 7.58. The minimum Gasteiger partial charge on any atom is -0.457 e. The van der Waals surface area contributed by atoms with Crippen LogP contribution in [0.3, 0.4) is 0 Å². The minimum atomic E-state index is -0.186. The highest BCUT2D eigenvalue weighted by atomic mass is 32.2. The maximum Gasteiger partial charge on any atom is 0.240 e. The Labute approximate surface area is 152 Å². The van der Waals surface area contributed by atoms with Crippen molar-refractivity contribution < 1.29 is 14.0 Å². The number of nitrogens with zero attached hydrogens (tertiary/aromatic N) is 2. The summed E-state index contributed by atoms with van der Waals surface area (Å²) >= 11 is 3.09. The van der Waals surface area contributed by atoms with Gasteiger partial charge in [-0.2, -0.15) is 0 Å². The Kier molecular flexibility index (Phi) is 4.46. The van der Waals surface area contributed by atoms with Gasteiger partial charge in [0.1, 0.15) is 12.3 Å². The van der Waals surface area contributed by atoms with E-state index in [2.05, 4.69) is 10.3 Å². The molecular weight excluding hydrogens is 358 g/mol. The highest BCUT2D eigenvalue weighted by Gasteiger charge is 2.22. The summed E-state index contributed by atoms with van der Waals surface area (Å²) in [5.74, 6) is 2.21. The van der Waals surface area contributed by atoms with E-state index in [1.165, 1.54) is 11.8 Å². The predicted molar refractivity (Wildman–Crippen MR) is 98.2 cm³/mol. The predicted octanol–water partition coefficient (Wildman–Crippen LogP) is 2.71. The van der Waals surface area contributed by atoms with Crippen molar-refractivity contribution in [1.82, 2.24) is 15.2 Å².